The maximum Gasteiger partial charge on any atom is 0.199 e. The van der Waals surface area contributed by atoms with Crippen LogP contribution in [0.1, 0.15) is 112 Å². The van der Waals surface area contributed by atoms with Crippen molar-refractivity contribution in [3.63, 3.8) is 0 Å². The topological polar surface area (TPSA) is 88.8 Å². The van der Waals surface area contributed by atoms with Gasteiger partial charge in [-0.25, -0.2) is 0 Å². The average molecular weight is 1070 g/mol. The average Bonchev–Trinajstić information content (AvgIpc) is 3.28. The maximum atomic E-state index is 11.4. The number of rotatable bonds is 19. The number of ether oxygens (including phenoxy) is 4. The minimum Gasteiger partial charge on any atom is -0.618 e. The van der Waals surface area contributed by atoms with E-state index in [1.54, 1.807) is 34.6 Å². The zero-order chi connectivity index (χ0) is 49.4. The van der Waals surface area contributed by atoms with Crippen molar-refractivity contribution in [3.8, 4) is 0 Å². The van der Waals surface area contributed by atoms with Gasteiger partial charge in [-0.1, -0.05) is 131 Å². The van der Waals surface area contributed by atoms with Crippen molar-refractivity contribution in [2.45, 2.75) is 123 Å². The molecule has 0 unspecified atom stereocenters. The number of hydrogen-bond acceptors (Lipinski definition) is 7. The highest BCUT2D eigenvalue weighted by Crippen LogP contribution is 2.19. The zero-order valence-corrected chi connectivity index (χ0v) is 44.5. The van der Waals surface area contributed by atoms with Gasteiger partial charge in [-0.15, -0.1) is 0 Å². The highest BCUT2D eigenvalue weighted by Gasteiger charge is 2.09. The Balaban J connectivity index is -0.000000384. The van der Waals surface area contributed by atoms with Crippen molar-refractivity contribution in [2.24, 2.45) is 0 Å². The number of methoxy groups -OCH3 is 4. The molecule has 2 heterocycles. The van der Waals surface area contributed by atoms with Gasteiger partial charge in [0.1, 0.15) is 5.02 Å². The minimum atomic E-state index is 0. The van der Waals surface area contributed by atoms with Crippen molar-refractivity contribution in [1.82, 2.24) is 10.3 Å². The quantitative estimate of drug-likeness (QED) is 0.0501. The molecule has 5 aromatic rings. The second-order valence-corrected chi connectivity index (χ2v) is 17.8. The monoisotopic (exact) mass is 1070 g/mol. The summed E-state index contributed by atoms with van der Waals surface area (Å²) in [5, 5.41) is 18.3. The summed E-state index contributed by atoms with van der Waals surface area (Å²) in [5.41, 5.74) is 12.2. The van der Waals surface area contributed by atoms with E-state index in [4.69, 9.17) is 77.0 Å². The second-order valence-electron chi connectivity index (χ2n) is 15.8. The lowest BCUT2D eigenvalue weighted by Gasteiger charge is -2.06. The molecular weight excluding hydrogens is 984 g/mol. The second kappa shape index (κ2) is 43.2. The van der Waals surface area contributed by atoms with Crippen molar-refractivity contribution >= 4 is 58.0 Å². The van der Waals surface area contributed by atoms with E-state index in [1.165, 1.54) is 22.9 Å². The standard InChI is InChI=1S/C12H16ClN.C11H15ClO.C10H14ClNO2.C10H14ClNO.C10H13ClO.4CH4/c1-9(2)14-7-6-11-4-5-12(13)10(3)8-11;1-9-8-10(4-3-7-13-2)5-6-11(9)12;1-8-6-9(4-3-5-14-2)12(13)7-10(8)11;1-8-6-9(4-3-5-13-2)12-7-10(8)11;1-8-7-9(5-6-12-2)3-4-10(8)11;;;;/h4-5,8,14H,1,6-7H2,2-3H3;5-6,8H,3-4,7H2,1-2H3;6-7H,3-5H2,1-2H3;6-7H,3-5H2,1-2H3;3-4,7H,5-6H2,1-2H3;4*1H4. The first kappa shape index (κ1) is 73.1. The largest absolute Gasteiger partial charge is 0.618 e. The van der Waals surface area contributed by atoms with Crippen LogP contribution in [0.2, 0.25) is 25.1 Å². The third-order valence-corrected chi connectivity index (χ3v) is 11.9. The summed E-state index contributed by atoms with van der Waals surface area (Å²) in [5.74, 6) is 0. The molecule has 0 saturated heterocycles. The predicted octanol–water partition coefficient (Wildman–Crippen LogP) is 16.4. The number of pyridine rings is 2. The number of aryl methyl sites for hydroxylation is 8. The summed E-state index contributed by atoms with van der Waals surface area (Å²) in [6, 6.07) is 22.2. The van der Waals surface area contributed by atoms with Gasteiger partial charge in [0, 0.05) is 99.9 Å². The van der Waals surface area contributed by atoms with E-state index in [1.807, 2.05) is 77.9 Å². The SMILES string of the molecule is C.C.C.C.C=C(C)NCCc1ccc(Cl)c(C)c1.COCCCc1cc(C)c(Cl)c[n+]1[O-].COCCCc1cc(C)c(Cl)cn1.COCCCc1ccc(Cl)c(C)c1.COCCc1ccc(Cl)c(C)c1. The lowest BCUT2D eigenvalue weighted by atomic mass is 10.1. The van der Waals surface area contributed by atoms with Crippen molar-refractivity contribution in [3.05, 3.63) is 178 Å². The van der Waals surface area contributed by atoms with E-state index in [2.05, 4.69) is 47.2 Å². The van der Waals surface area contributed by atoms with Crippen LogP contribution in [0.3, 0.4) is 0 Å². The number of nitrogens with one attached hydrogen (secondary N) is 1. The third-order valence-electron chi connectivity index (χ3n) is 9.86. The first-order valence-corrected chi connectivity index (χ1v) is 23.9. The smallest absolute Gasteiger partial charge is 0.199 e. The van der Waals surface area contributed by atoms with Crippen molar-refractivity contribution < 1.29 is 23.7 Å². The van der Waals surface area contributed by atoms with Crippen LogP contribution in [0.25, 0.3) is 0 Å². The number of aromatic nitrogens is 2. The highest BCUT2D eigenvalue weighted by molar-refractivity contribution is 6.32. The fourth-order valence-corrected chi connectivity index (χ4v) is 6.63. The van der Waals surface area contributed by atoms with Crippen LogP contribution >= 0.6 is 58.0 Å². The number of allylic oxidation sites excluding steroid dienone is 1. The highest BCUT2D eigenvalue weighted by atomic mass is 35.5. The Morgan fingerprint density at radius 1 is 0.529 bits per heavy atom. The van der Waals surface area contributed by atoms with E-state index >= 15 is 0 Å². The van der Waals surface area contributed by atoms with Crippen LogP contribution in [0.4, 0.5) is 0 Å². The summed E-state index contributed by atoms with van der Waals surface area (Å²) < 4.78 is 20.7. The van der Waals surface area contributed by atoms with Gasteiger partial charge in [0.05, 0.1) is 11.6 Å². The van der Waals surface area contributed by atoms with Crippen molar-refractivity contribution in [2.75, 3.05) is 61.4 Å². The van der Waals surface area contributed by atoms with Crippen LogP contribution in [0.15, 0.2) is 91.4 Å². The van der Waals surface area contributed by atoms with Gasteiger partial charge >= 0.3 is 0 Å². The lowest BCUT2D eigenvalue weighted by molar-refractivity contribution is -0.614. The lowest BCUT2D eigenvalue weighted by Crippen LogP contribution is -2.31. The van der Waals surface area contributed by atoms with E-state index in [0.717, 1.165) is 147 Å². The molecule has 0 aliphatic rings. The van der Waals surface area contributed by atoms with Crippen LogP contribution in [0, 0.1) is 39.8 Å². The molecule has 0 fully saturated rings. The Morgan fingerprint density at radius 3 is 1.36 bits per heavy atom. The van der Waals surface area contributed by atoms with Gasteiger partial charge in [-0.3, -0.25) is 4.98 Å². The molecule has 0 aliphatic heterocycles. The van der Waals surface area contributed by atoms with E-state index in [9.17, 15) is 5.21 Å². The van der Waals surface area contributed by atoms with E-state index in [-0.39, 0.29) is 29.7 Å². The molecule has 13 heteroatoms. The summed E-state index contributed by atoms with van der Waals surface area (Å²) in [4.78, 5) is 4.22. The van der Waals surface area contributed by atoms with Gasteiger partial charge in [-0.05, 0) is 155 Å². The summed E-state index contributed by atoms with van der Waals surface area (Å²) in [6.45, 7) is 19.7. The van der Waals surface area contributed by atoms with Crippen molar-refractivity contribution in [1.29, 1.82) is 0 Å². The number of hydrogen-bond donors (Lipinski definition) is 1. The van der Waals surface area contributed by atoms with Gasteiger partial charge in [0.15, 0.2) is 11.9 Å². The van der Waals surface area contributed by atoms with Crippen LogP contribution in [-0.2, 0) is 51.1 Å². The fraction of sp³-hybridized carbons (Fsp3) is 0.474. The summed E-state index contributed by atoms with van der Waals surface area (Å²) in [7, 11) is 6.80. The Kier molecular flexibility index (Phi) is 45.1. The molecule has 0 amide bonds. The molecule has 0 atom stereocenters. The molecule has 396 valence electrons. The van der Waals surface area contributed by atoms with Gasteiger partial charge < -0.3 is 29.5 Å². The number of nitrogens with zero attached hydrogens (tertiary/aromatic N) is 2. The molecule has 0 saturated carbocycles. The number of benzene rings is 3. The van der Waals surface area contributed by atoms with Gasteiger partial charge in [-0.2, -0.15) is 4.73 Å². The molecule has 0 spiro atoms. The normalized spacial score (nSPS) is 9.70. The first-order valence-electron chi connectivity index (χ1n) is 22.0. The predicted molar refractivity (Wildman–Crippen MR) is 307 cm³/mol. The third kappa shape index (κ3) is 32.5. The molecule has 0 bridgehead atoms. The van der Waals surface area contributed by atoms with Gasteiger partial charge in [0.25, 0.3) is 0 Å². The van der Waals surface area contributed by atoms with E-state index in [0.29, 0.717) is 11.6 Å². The molecule has 8 nitrogen and oxygen atoms in total. The first-order chi connectivity index (χ1) is 31.4. The summed E-state index contributed by atoms with van der Waals surface area (Å²) >= 11 is 29.4. The molecule has 0 aliphatic carbocycles. The Morgan fingerprint density at radius 2 is 0.929 bits per heavy atom. The van der Waals surface area contributed by atoms with Crippen LogP contribution < -0.4 is 10.0 Å². The molecule has 3 aromatic carbocycles. The van der Waals surface area contributed by atoms with E-state index < -0.39 is 0 Å². The number of halogens is 5. The minimum absolute atomic E-state index is 0. The molecule has 2 aromatic heterocycles. The molecular formula is C57H88Cl5N3O5. The fourth-order valence-electron chi connectivity index (χ4n) is 6.03. The molecule has 70 heavy (non-hydrogen) atoms. The Bertz CT molecular complexity index is 2100. The summed E-state index contributed by atoms with van der Waals surface area (Å²) in [6.07, 6.45) is 10.7. The Hall–Kier alpha value is -3.41. The molecule has 5 rings (SSSR count). The van der Waals surface area contributed by atoms with Gasteiger partial charge in [0.2, 0.25) is 0 Å². The van der Waals surface area contributed by atoms with Crippen LogP contribution in [0.5, 0.6) is 0 Å². The molecule has 1 N–H and O–H groups in total. The Labute approximate surface area is 451 Å². The molecule has 0 radical (unpaired) electrons. The maximum absolute atomic E-state index is 11.4. The van der Waals surface area contributed by atoms with Crippen LogP contribution in [-0.4, -0.2) is 66.4 Å². The zero-order valence-electron chi connectivity index (χ0n) is 40.7.